The van der Waals surface area contributed by atoms with Crippen LogP contribution in [0.25, 0.3) is 0 Å². The summed E-state index contributed by atoms with van der Waals surface area (Å²) in [6.07, 6.45) is 10.3. The van der Waals surface area contributed by atoms with Crippen LogP contribution >= 0.6 is 0 Å². The van der Waals surface area contributed by atoms with Crippen LogP contribution in [0, 0.1) is 11.8 Å². The molecule has 4 atom stereocenters. The topological polar surface area (TPSA) is 15.3 Å². The van der Waals surface area contributed by atoms with Crippen molar-refractivity contribution in [2.24, 2.45) is 11.8 Å². The molecule has 0 aromatic heterocycles. The van der Waals surface area contributed by atoms with Crippen LogP contribution in [0.15, 0.2) is 0 Å². The lowest BCUT2D eigenvalue weighted by Crippen LogP contribution is -2.43. The van der Waals surface area contributed by atoms with Gasteiger partial charge < -0.3 is 5.32 Å². The molecule has 2 saturated carbocycles. The van der Waals surface area contributed by atoms with Crippen molar-refractivity contribution in [3.05, 3.63) is 0 Å². The molecule has 3 rings (SSSR count). The van der Waals surface area contributed by atoms with Gasteiger partial charge in [-0.25, -0.2) is 0 Å². The van der Waals surface area contributed by atoms with E-state index in [0.29, 0.717) is 0 Å². The van der Waals surface area contributed by atoms with E-state index in [0.717, 1.165) is 30.5 Å². The lowest BCUT2D eigenvalue weighted by molar-refractivity contribution is 0.158. The molecule has 2 heteroatoms. The maximum absolute atomic E-state index is 3.66. The van der Waals surface area contributed by atoms with E-state index in [2.05, 4.69) is 17.1 Å². The third-order valence-electron chi connectivity index (χ3n) is 5.41. The quantitative estimate of drug-likeness (QED) is 0.810. The van der Waals surface area contributed by atoms with Gasteiger partial charge in [0, 0.05) is 25.2 Å². The van der Waals surface area contributed by atoms with Crippen LogP contribution in [0.5, 0.6) is 0 Å². The Balaban J connectivity index is 1.54. The SMILES string of the molecule is CCNC1CCCC(N2CC3CCCC3C2)C1. The van der Waals surface area contributed by atoms with Gasteiger partial charge in [-0.3, -0.25) is 4.90 Å². The first kappa shape index (κ1) is 12.0. The summed E-state index contributed by atoms with van der Waals surface area (Å²) < 4.78 is 0. The molecule has 4 unspecified atom stereocenters. The first-order valence-electron chi connectivity index (χ1n) is 7.84. The van der Waals surface area contributed by atoms with E-state index in [9.17, 15) is 0 Å². The number of fused-ring (bicyclic) bond motifs is 1. The van der Waals surface area contributed by atoms with E-state index in [4.69, 9.17) is 0 Å². The summed E-state index contributed by atoms with van der Waals surface area (Å²) in [5.74, 6) is 2.13. The largest absolute Gasteiger partial charge is 0.314 e. The maximum atomic E-state index is 3.66. The first-order valence-corrected chi connectivity index (χ1v) is 7.84. The van der Waals surface area contributed by atoms with E-state index in [1.807, 2.05) is 0 Å². The van der Waals surface area contributed by atoms with Crippen LogP contribution in [0.4, 0.5) is 0 Å². The average molecular weight is 236 g/mol. The molecule has 0 aromatic carbocycles. The van der Waals surface area contributed by atoms with Crippen molar-refractivity contribution in [3.8, 4) is 0 Å². The molecule has 2 aliphatic carbocycles. The zero-order valence-electron chi connectivity index (χ0n) is 11.3. The van der Waals surface area contributed by atoms with Gasteiger partial charge in [0.25, 0.3) is 0 Å². The second kappa shape index (κ2) is 5.27. The Bertz CT molecular complexity index is 239. The summed E-state index contributed by atoms with van der Waals surface area (Å²) in [7, 11) is 0. The normalized spacial score (nSPS) is 42.9. The van der Waals surface area contributed by atoms with Gasteiger partial charge in [0.15, 0.2) is 0 Å². The highest BCUT2D eigenvalue weighted by atomic mass is 15.2. The van der Waals surface area contributed by atoms with Gasteiger partial charge in [-0.15, -0.1) is 0 Å². The van der Waals surface area contributed by atoms with Gasteiger partial charge in [0.05, 0.1) is 0 Å². The summed E-state index contributed by atoms with van der Waals surface area (Å²) in [6, 6.07) is 1.71. The van der Waals surface area contributed by atoms with Gasteiger partial charge in [0.2, 0.25) is 0 Å². The Hall–Kier alpha value is -0.0800. The molecule has 0 spiro atoms. The summed E-state index contributed by atoms with van der Waals surface area (Å²) in [6.45, 7) is 6.23. The molecule has 2 nitrogen and oxygen atoms in total. The van der Waals surface area contributed by atoms with Gasteiger partial charge in [-0.2, -0.15) is 0 Å². The molecule has 98 valence electrons. The van der Waals surface area contributed by atoms with Crippen molar-refractivity contribution >= 4 is 0 Å². The molecular formula is C15H28N2. The lowest BCUT2D eigenvalue weighted by atomic mass is 9.90. The van der Waals surface area contributed by atoms with Crippen molar-refractivity contribution in [3.63, 3.8) is 0 Å². The Morgan fingerprint density at radius 3 is 2.41 bits per heavy atom. The van der Waals surface area contributed by atoms with Crippen molar-refractivity contribution in [2.75, 3.05) is 19.6 Å². The molecule has 0 bridgehead atoms. The van der Waals surface area contributed by atoms with E-state index in [1.165, 1.54) is 58.0 Å². The van der Waals surface area contributed by atoms with Crippen LogP contribution in [-0.2, 0) is 0 Å². The molecule has 0 radical (unpaired) electrons. The predicted octanol–water partition coefficient (Wildman–Crippen LogP) is 2.64. The highest BCUT2D eigenvalue weighted by Crippen LogP contribution is 2.40. The third kappa shape index (κ3) is 2.53. The molecule has 3 fully saturated rings. The zero-order chi connectivity index (χ0) is 11.7. The first-order chi connectivity index (χ1) is 8.36. The van der Waals surface area contributed by atoms with Crippen molar-refractivity contribution in [1.29, 1.82) is 0 Å². The Morgan fingerprint density at radius 1 is 1.00 bits per heavy atom. The molecule has 1 heterocycles. The van der Waals surface area contributed by atoms with Crippen LogP contribution in [0.3, 0.4) is 0 Å². The summed E-state index contributed by atoms with van der Waals surface area (Å²) >= 11 is 0. The molecule has 0 aromatic rings. The molecule has 1 saturated heterocycles. The molecule has 17 heavy (non-hydrogen) atoms. The van der Waals surface area contributed by atoms with E-state index in [1.54, 1.807) is 0 Å². The highest BCUT2D eigenvalue weighted by molar-refractivity contribution is 4.93. The fraction of sp³-hybridized carbons (Fsp3) is 1.00. The van der Waals surface area contributed by atoms with Gasteiger partial charge in [-0.05, 0) is 50.5 Å². The second-order valence-corrected chi connectivity index (χ2v) is 6.48. The fourth-order valence-corrected chi connectivity index (χ4v) is 4.54. The van der Waals surface area contributed by atoms with Gasteiger partial charge in [0.1, 0.15) is 0 Å². The van der Waals surface area contributed by atoms with Crippen LogP contribution < -0.4 is 5.32 Å². The van der Waals surface area contributed by atoms with Crippen LogP contribution in [0.1, 0.15) is 51.9 Å². The average Bonchev–Trinajstić information content (AvgIpc) is 2.89. The molecule has 3 aliphatic rings. The number of hydrogen-bond donors (Lipinski definition) is 1. The van der Waals surface area contributed by atoms with Crippen LogP contribution in [0.2, 0.25) is 0 Å². The minimum atomic E-state index is 0.805. The van der Waals surface area contributed by atoms with Gasteiger partial charge >= 0.3 is 0 Å². The summed E-state index contributed by atoms with van der Waals surface area (Å²) in [4.78, 5) is 2.85. The molecular weight excluding hydrogens is 208 g/mol. The standard InChI is InChI=1S/C15H28N2/c1-2-16-14-7-4-8-15(9-14)17-10-12-5-3-6-13(12)11-17/h12-16H,2-11H2,1H3. The van der Waals surface area contributed by atoms with Crippen molar-refractivity contribution in [2.45, 2.75) is 64.0 Å². The zero-order valence-corrected chi connectivity index (χ0v) is 11.3. The number of nitrogens with one attached hydrogen (secondary N) is 1. The predicted molar refractivity (Wildman–Crippen MR) is 72.1 cm³/mol. The van der Waals surface area contributed by atoms with E-state index >= 15 is 0 Å². The van der Waals surface area contributed by atoms with E-state index < -0.39 is 0 Å². The smallest absolute Gasteiger partial charge is 0.0110 e. The molecule has 1 N–H and O–H groups in total. The van der Waals surface area contributed by atoms with Crippen molar-refractivity contribution in [1.82, 2.24) is 10.2 Å². The number of nitrogens with zero attached hydrogens (tertiary/aromatic N) is 1. The maximum Gasteiger partial charge on any atom is 0.0110 e. The lowest BCUT2D eigenvalue weighted by Gasteiger charge is -2.36. The highest BCUT2D eigenvalue weighted by Gasteiger charge is 2.39. The minimum absolute atomic E-state index is 0.805. The fourth-order valence-electron chi connectivity index (χ4n) is 4.54. The van der Waals surface area contributed by atoms with Crippen molar-refractivity contribution < 1.29 is 0 Å². The minimum Gasteiger partial charge on any atom is -0.314 e. The Labute approximate surface area is 106 Å². The number of hydrogen-bond acceptors (Lipinski definition) is 2. The number of likely N-dealkylation sites (tertiary alicyclic amines) is 1. The van der Waals surface area contributed by atoms with Crippen LogP contribution in [-0.4, -0.2) is 36.6 Å². The summed E-state index contributed by atoms with van der Waals surface area (Å²) in [5.41, 5.74) is 0. The Morgan fingerprint density at radius 2 is 1.71 bits per heavy atom. The summed E-state index contributed by atoms with van der Waals surface area (Å²) in [5, 5.41) is 3.66. The Kier molecular flexibility index (Phi) is 3.72. The monoisotopic (exact) mass is 236 g/mol. The third-order valence-corrected chi connectivity index (χ3v) is 5.41. The number of rotatable bonds is 3. The second-order valence-electron chi connectivity index (χ2n) is 6.48. The molecule has 0 amide bonds. The van der Waals surface area contributed by atoms with Gasteiger partial charge in [-0.1, -0.05) is 19.8 Å². The van der Waals surface area contributed by atoms with E-state index in [-0.39, 0.29) is 0 Å². The molecule has 1 aliphatic heterocycles.